The summed E-state index contributed by atoms with van der Waals surface area (Å²) in [5.74, 6) is 0.672. The molecule has 0 aromatic rings. The van der Waals surface area contributed by atoms with Gasteiger partial charge >= 0.3 is 6.09 Å². The van der Waals surface area contributed by atoms with E-state index in [0.29, 0.717) is 18.5 Å². The van der Waals surface area contributed by atoms with Gasteiger partial charge in [0.25, 0.3) is 0 Å². The van der Waals surface area contributed by atoms with Crippen LogP contribution < -0.4 is 10.6 Å². The fourth-order valence-electron chi connectivity index (χ4n) is 2.07. The number of carbonyl (C=O) groups is 1. The molecule has 0 aliphatic heterocycles. The Kier molecular flexibility index (Phi) is 6.47. The van der Waals surface area contributed by atoms with Gasteiger partial charge in [-0.05, 0) is 66.3 Å². The number of nitrogens with one attached hydrogen (secondary N) is 2. The van der Waals surface area contributed by atoms with Crippen molar-refractivity contribution in [2.24, 2.45) is 5.92 Å². The van der Waals surface area contributed by atoms with Gasteiger partial charge in [0, 0.05) is 19.7 Å². The third kappa shape index (κ3) is 8.27. The van der Waals surface area contributed by atoms with Gasteiger partial charge in [0.1, 0.15) is 5.60 Å². The van der Waals surface area contributed by atoms with Crippen molar-refractivity contribution in [1.82, 2.24) is 10.6 Å². The van der Waals surface area contributed by atoms with E-state index in [1.807, 2.05) is 20.8 Å². The highest BCUT2D eigenvalue weighted by Gasteiger charge is 2.31. The first-order valence-electron chi connectivity index (χ1n) is 7.88. The van der Waals surface area contributed by atoms with Crippen molar-refractivity contribution in [3.05, 3.63) is 0 Å². The van der Waals surface area contributed by atoms with Crippen molar-refractivity contribution < 1.29 is 14.3 Å². The van der Waals surface area contributed by atoms with E-state index in [-0.39, 0.29) is 11.7 Å². The highest BCUT2D eigenvalue weighted by atomic mass is 16.6. The summed E-state index contributed by atoms with van der Waals surface area (Å²) in [7, 11) is 1.74. The molecule has 0 bridgehead atoms. The third-order valence-electron chi connectivity index (χ3n) is 3.74. The van der Waals surface area contributed by atoms with Crippen LogP contribution in [0, 0.1) is 5.92 Å². The van der Waals surface area contributed by atoms with E-state index < -0.39 is 5.60 Å². The van der Waals surface area contributed by atoms with Crippen LogP contribution in [-0.4, -0.2) is 43.5 Å². The third-order valence-corrected chi connectivity index (χ3v) is 3.74. The van der Waals surface area contributed by atoms with Gasteiger partial charge in [-0.15, -0.1) is 0 Å². The number of hydrogen-bond acceptors (Lipinski definition) is 4. The fraction of sp³-hybridized carbons (Fsp3) is 0.938. The molecule has 1 atom stereocenters. The van der Waals surface area contributed by atoms with Crippen molar-refractivity contribution in [2.45, 2.75) is 71.1 Å². The summed E-state index contributed by atoms with van der Waals surface area (Å²) >= 11 is 0. The Balaban J connectivity index is 2.29. The van der Waals surface area contributed by atoms with Gasteiger partial charge in [-0.3, -0.25) is 0 Å². The fourth-order valence-corrected chi connectivity index (χ4v) is 2.07. The van der Waals surface area contributed by atoms with Crippen LogP contribution in [0.1, 0.15) is 53.9 Å². The molecule has 21 heavy (non-hydrogen) atoms. The molecule has 2 N–H and O–H groups in total. The van der Waals surface area contributed by atoms with E-state index in [2.05, 4.69) is 24.5 Å². The number of rotatable bonds is 8. The Labute approximate surface area is 129 Å². The van der Waals surface area contributed by atoms with Gasteiger partial charge < -0.3 is 20.1 Å². The van der Waals surface area contributed by atoms with E-state index in [1.54, 1.807) is 7.11 Å². The number of alkyl carbamates (subject to hydrolysis) is 1. The van der Waals surface area contributed by atoms with Crippen molar-refractivity contribution in [3.63, 3.8) is 0 Å². The number of methoxy groups -OCH3 is 1. The minimum absolute atomic E-state index is 0.111. The topological polar surface area (TPSA) is 59.6 Å². The molecule has 5 nitrogen and oxygen atoms in total. The zero-order chi connectivity index (χ0) is 16.1. The smallest absolute Gasteiger partial charge is 0.407 e. The first kappa shape index (κ1) is 18.2. The Morgan fingerprint density at radius 2 is 1.86 bits per heavy atom. The van der Waals surface area contributed by atoms with Crippen molar-refractivity contribution in [2.75, 3.05) is 20.2 Å². The highest BCUT2D eigenvalue weighted by molar-refractivity contribution is 5.67. The van der Waals surface area contributed by atoms with Gasteiger partial charge in [0.2, 0.25) is 0 Å². The Morgan fingerprint density at radius 1 is 1.24 bits per heavy atom. The summed E-state index contributed by atoms with van der Waals surface area (Å²) in [6, 6.07) is 0.324. The van der Waals surface area contributed by atoms with Gasteiger partial charge in [0.15, 0.2) is 0 Å². The zero-order valence-corrected chi connectivity index (χ0v) is 14.4. The van der Waals surface area contributed by atoms with E-state index in [4.69, 9.17) is 9.47 Å². The van der Waals surface area contributed by atoms with Crippen molar-refractivity contribution in [1.29, 1.82) is 0 Å². The lowest BCUT2D eigenvalue weighted by molar-refractivity contribution is 0.0150. The minimum atomic E-state index is -0.449. The van der Waals surface area contributed by atoms with Crippen LogP contribution in [0.5, 0.6) is 0 Å². The standard InChI is InChI=1S/C16H32N2O3/c1-15(2,3)21-14(19)18-11-13(12-7-8-12)17-10-9-16(4,5)20-6/h12-13,17H,7-11H2,1-6H3,(H,18,19). The summed E-state index contributed by atoms with van der Waals surface area (Å²) in [6.45, 7) is 11.3. The zero-order valence-electron chi connectivity index (χ0n) is 14.4. The second-order valence-electron chi connectivity index (χ2n) is 7.49. The molecule has 0 spiro atoms. The Morgan fingerprint density at radius 3 is 2.33 bits per heavy atom. The summed E-state index contributed by atoms with van der Waals surface area (Å²) in [6.07, 6.45) is 3.08. The number of hydrogen-bond donors (Lipinski definition) is 2. The molecular weight excluding hydrogens is 268 g/mol. The maximum absolute atomic E-state index is 11.7. The normalized spacial score (nSPS) is 17.4. The van der Waals surface area contributed by atoms with Crippen LogP contribution >= 0.6 is 0 Å². The molecule has 0 saturated heterocycles. The van der Waals surface area contributed by atoms with Crippen LogP contribution in [0.2, 0.25) is 0 Å². The molecule has 1 fully saturated rings. The first-order valence-corrected chi connectivity index (χ1v) is 7.88. The largest absolute Gasteiger partial charge is 0.444 e. The molecule has 1 aliphatic carbocycles. The maximum atomic E-state index is 11.7. The predicted molar refractivity (Wildman–Crippen MR) is 84.5 cm³/mol. The van der Waals surface area contributed by atoms with Crippen LogP contribution in [0.3, 0.4) is 0 Å². The molecule has 0 aromatic heterocycles. The molecule has 0 radical (unpaired) electrons. The van der Waals surface area contributed by atoms with Gasteiger partial charge in [-0.1, -0.05) is 0 Å². The van der Waals surface area contributed by atoms with Crippen LogP contribution in [0.4, 0.5) is 4.79 Å². The monoisotopic (exact) mass is 300 g/mol. The summed E-state index contributed by atoms with van der Waals surface area (Å²) in [4.78, 5) is 11.7. The second-order valence-corrected chi connectivity index (χ2v) is 7.49. The van der Waals surface area contributed by atoms with Crippen LogP contribution in [0.25, 0.3) is 0 Å². The lowest BCUT2D eigenvalue weighted by atomic mass is 10.0. The SMILES string of the molecule is COC(C)(C)CCNC(CNC(=O)OC(C)(C)C)C1CC1. The minimum Gasteiger partial charge on any atom is -0.444 e. The van der Waals surface area contributed by atoms with Gasteiger partial charge in [-0.25, -0.2) is 4.79 Å². The summed E-state index contributed by atoms with van der Waals surface area (Å²) in [5.41, 5.74) is -0.561. The van der Waals surface area contributed by atoms with E-state index >= 15 is 0 Å². The molecule has 1 rings (SSSR count). The average molecular weight is 300 g/mol. The Hall–Kier alpha value is -0.810. The molecule has 1 saturated carbocycles. The predicted octanol–water partition coefficient (Wildman–Crippen LogP) is 2.69. The number of ether oxygens (including phenoxy) is 2. The Bertz CT molecular complexity index is 333. The van der Waals surface area contributed by atoms with Crippen LogP contribution in [0.15, 0.2) is 0 Å². The number of amides is 1. The van der Waals surface area contributed by atoms with Crippen molar-refractivity contribution in [3.8, 4) is 0 Å². The molecule has 124 valence electrons. The molecule has 1 aliphatic rings. The number of carbonyl (C=O) groups excluding carboxylic acids is 1. The van der Waals surface area contributed by atoms with E-state index in [0.717, 1.165) is 13.0 Å². The quantitative estimate of drug-likeness (QED) is 0.723. The lowest BCUT2D eigenvalue weighted by Gasteiger charge is -2.26. The molecule has 1 unspecified atom stereocenters. The van der Waals surface area contributed by atoms with Gasteiger partial charge in [-0.2, -0.15) is 0 Å². The van der Waals surface area contributed by atoms with Crippen LogP contribution in [-0.2, 0) is 9.47 Å². The molecule has 0 aromatic carbocycles. The van der Waals surface area contributed by atoms with Crippen molar-refractivity contribution >= 4 is 6.09 Å². The summed E-state index contributed by atoms with van der Waals surface area (Å²) < 4.78 is 10.7. The second kappa shape index (κ2) is 7.45. The average Bonchev–Trinajstić information content (AvgIpc) is 3.15. The molecular formula is C16H32N2O3. The first-order chi connectivity index (χ1) is 9.63. The molecule has 0 heterocycles. The van der Waals surface area contributed by atoms with Gasteiger partial charge in [0.05, 0.1) is 5.60 Å². The maximum Gasteiger partial charge on any atom is 0.407 e. The lowest BCUT2D eigenvalue weighted by Crippen LogP contribution is -2.45. The summed E-state index contributed by atoms with van der Waals surface area (Å²) in [5, 5.41) is 6.41. The van der Waals surface area contributed by atoms with E-state index in [1.165, 1.54) is 12.8 Å². The molecule has 5 heteroatoms. The van der Waals surface area contributed by atoms with E-state index in [9.17, 15) is 4.79 Å². The highest BCUT2D eigenvalue weighted by Crippen LogP contribution is 2.32. The molecule has 1 amide bonds.